The van der Waals surface area contributed by atoms with Crippen LogP contribution in [-0.4, -0.2) is 38.6 Å². The van der Waals surface area contributed by atoms with Crippen molar-refractivity contribution in [2.45, 2.75) is 17.0 Å². The molecule has 1 aromatic heterocycles. The van der Waals surface area contributed by atoms with Crippen molar-refractivity contribution >= 4 is 81.3 Å². The van der Waals surface area contributed by atoms with E-state index in [9.17, 15) is 18.8 Å². The van der Waals surface area contributed by atoms with Gasteiger partial charge in [0.25, 0.3) is 11.8 Å². The summed E-state index contributed by atoms with van der Waals surface area (Å²) in [5.74, 6) is -1.08. The minimum Gasteiger partial charge on any atom is -0.321 e. The van der Waals surface area contributed by atoms with Gasteiger partial charge in [-0.25, -0.2) is 4.39 Å². The normalized spacial score (nSPS) is 11.1. The smallest absolute Gasteiger partial charge is 0.272 e. The fourth-order valence-electron chi connectivity index (χ4n) is 3.32. The van der Waals surface area contributed by atoms with Gasteiger partial charge in [-0.2, -0.15) is 9.36 Å². The molecule has 0 spiro atoms. The van der Waals surface area contributed by atoms with Crippen LogP contribution in [0.2, 0.25) is 5.02 Å². The van der Waals surface area contributed by atoms with Gasteiger partial charge in [0, 0.05) is 33.2 Å². The number of nitrogens with zero attached hydrogens (tertiary/aromatic N) is 2. The molecule has 0 atom stereocenters. The Morgan fingerprint density at radius 1 is 0.976 bits per heavy atom. The topological polar surface area (TPSA) is 113 Å². The van der Waals surface area contributed by atoms with Gasteiger partial charge in [0.05, 0.1) is 10.8 Å². The van der Waals surface area contributed by atoms with E-state index in [1.165, 1.54) is 47.8 Å². The molecule has 0 radical (unpaired) electrons. The molecular weight excluding hydrogens is 605 g/mol. The fraction of sp³-hybridized carbons (Fsp3) is 0.107. The number of halogens is 2. The van der Waals surface area contributed by atoms with Crippen LogP contribution in [0.1, 0.15) is 22.8 Å². The molecule has 0 saturated carbocycles. The molecule has 0 aliphatic rings. The number of carbonyl (C=O) groups excluding carboxylic acids is 3. The van der Waals surface area contributed by atoms with Crippen molar-refractivity contribution in [2.24, 2.45) is 0 Å². The number of nitrogens with one attached hydrogen (secondary N) is 3. The highest BCUT2D eigenvalue weighted by Gasteiger charge is 2.17. The van der Waals surface area contributed by atoms with Crippen LogP contribution in [0.5, 0.6) is 0 Å². The van der Waals surface area contributed by atoms with Crippen LogP contribution in [0.4, 0.5) is 15.2 Å². The lowest BCUT2D eigenvalue weighted by Gasteiger charge is -2.12. The quantitative estimate of drug-likeness (QED) is 0.127. The van der Waals surface area contributed by atoms with Gasteiger partial charge in [-0.15, -0.1) is 11.8 Å². The van der Waals surface area contributed by atoms with Gasteiger partial charge in [0.2, 0.25) is 16.2 Å². The number of hydrogen-bond acceptors (Lipinski definition) is 8. The van der Waals surface area contributed by atoms with Gasteiger partial charge < -0.3 is 10.6 Å². The number of benzene rings is 3. The van der Waals surface area contributed by atoms with Gasteiger partial charge in [-0.3, -0.25) is 19.7 Å². The summed E-state index contributed by atoms with van der Waals surface area (Å²) in [7, 11) is 0. The van der Waals surface area contributed by atoms with E-state index in [1.54, 1.807) is 54.6 Å². The fourth-order valence-corrected chi connectivity index (χ4v) is 5.52. The second-order valence-corrected chi connectivity index (χ2v) is 11.6. The summed E-state index contributed by atoms with van der Waals surface area (Å²) in [5.41, 5.74) is 0.519. The van der Waals surface area contributed by atoms with Gasteiger partial charge in [-0.1, -0.05) is 54.6 Å². The summed E-state index contributed by atoms with van der Waals surface area (Å²) in [4.78, 5) is 43.3. The van der Waals surface area contributed by atoms with Crippen LogP contribution in [0.25, 0.3) is 6.08 Å². The summed E-state index contributed by atoms with van der Waals surface area (Å²) in [6, 6.07) is 19.3. The summed E-state index contributed by atoms with van der Waals surface area (Å²) >= 11 is 10.1. The van der Waals surface area contributed by atoms with Crippen molar-refractivity contribution in [3.63, 3.8) is 0 Å². The van der Waals surface area contributed by atoms with E-state index >= 15 is 0 Å². The first-order valence-electron chi connectivity index (χ1n) is 12.1. The number of aromatic nitrogens is 2. The maximum Gasteiger partial charge on any atom is 0.272 e. The highest BCUT2D eigenvalue weighted by Crippen LogP contribution is 2.24. The molecule has 0 aliphatic heterocycles. The molecule has 13 heteroatoms. The first kappa shape index (κ1) is 30.3. The molecule has 0 unspecified atom stereocenters. The summed E-state index contributed by atoms with van der Waals surface area (Å²) in [6.45, 7) is 2.00. The van der Waals surface area contributed by atoms with Crippen molar-refractivity contribution in [2.75, 3.05) is 22.1 Å². The predicted octanol–water partition coefficient (Wildman–Crippen LogP) is 6.58. The van der Waals surface area contributed by atoms with E-state index in [-0.39, 0.29) is 27.9 Å². The van der Waals surface area contributed by atoms with Crippen LogP contribution >= 0.6 is 46.7 Å². The van der Waals surface area contributed by atoms with E-state index in [0.29, 0.717) is 21.5 Å². The van der Waals surface area contributed by atoms with Crippen molar-refractivity contribution in [3.8, 4) is 0 Å². The molecule has 4 aromatic rings. The van der Waals surface area contributed by atoms with Gasteiger partial charge in [0.15, 0.2) is 0 Å². The van der Waals surface area contributed by atoms with Crippen LogP contribution in [0.3, 0.4) is 0 Å². The molecule has 0 saturated heterocycles. The largest absolute Gasteiger partial charge is 0.321 e. The Balaban J connectivity index is 1.41. The summed E-state index contributed by atoms with van der Waals surface area (Å²) < 4.78 is 18.6. The zero-order chi connectivity index (χ0) is 29.2. The van der Waals surface area contributed by atoms with Crippen LogP contribution in [0.15, 0.2) is 88.5 Å². The molecule has 0 bridgehead atoms. The van der Waals surface area contributed by atoms with Gasteiger partial charge >= 0.3 is 0 Å². The van der Waals surface area contributed by atoms with Crippen molar-refractivity contribution in [3.05, 3.63) is 100 Å². The highest BCUT2D eigenvalue weighted by molar-refractivity contribution is 8.00. The SMILES string of the molecule is CCSc1nsc(NC(=O)CSc2ccc(NC(=O)/C(=C/c3c(F)cccc3Cl)NC(=O)c3ccccc3)cc2)n1. The van der Waals surface area contributed by atoms with Crippen LogP contribution in [-0.2, 0) is 9.59 Å². The third-order valence-electron chi connectivity index (χ3n) is 5.23. The maximum atomic E-state index is 14.5. The molecule has 41 heavy (non-hydrogen) atoms. The number of anilines is 2. The second-order valence-electron chi connectivity index (χ2n) is 8.14. The maximum absolute atomic E-state index is 14.5. The molecule has 3 N–H and O–H groups in total. The summed E-state index contributed by atoms with van der Waals surface area (Å²) in [6.07, 6.45) is 1.19. The van der Waals surface area contributed by atoms with E-state index in [4.69, 9.17) is 11.6 Å². The first-order valence-corrected chi connectivity index (χ1v) is 15.3. The lowest BCUT2D eigenvalue weighted by molar-refractivity contribution is -0.114. The van der Waals surface area contributed by atoms with E-state index in [0.717, 1.165) is 22.2 Å². The molecule has 1 heterocycles. The first-order chi connectivity index (χ1) is 19.8. The summed E-state index contributed by atoms with van der Waals surface area (Å²) in [5, 5.41) is 9.16. The highest BCUT2D eigenvalue weighted by atomic mass is 35.5. The monoisotopic (exact) mass is 627 g/mol. The molecule has 210 valence electrons. The third-order valence-corrected chi connectivity index (χ3v) is 8.04. The van der Waals surface area contributed by atoms with Crippen LogP contribution < -0.4 is 16.0 Å². The number of carbonyl (C=O) groups is 3. The molecule has 3 amide bonds. The zero-order valence-electron chi connectivity index (χ0n) is 21.5. The molecule has 0 aliphatic carbocycles. The van der Waals surface area contributed by atoms with Gasteiger partial charge in [-0.05, 0) is 60.4 Å². The van der Waals surface area contributed by atoms with E-state index in [1.807, 2.05) is 6.92 Å². The lowest BCUT2D eigenvalue weighted by atomic mass is 10.1. The average molecular weight is 628 g/mol. The third kappa shape index (κ3) is 8.89. The van der Waals surface area contributed by atoms with Crippen molar-refractivity contribution in [1.82, 2.24) is 14.7 Å². The number of thioether (sulfide) groups is 2. The molecule has 8 nitrogen and oxygen atoms in total. The van der Waals surface area contributed by atoms with E-state index < -0.39 is 17.6 Å². The predicted molar refractivity (Wildman–Crippen MR) is 164 cm³/mol. The van der Waals surface area contributed by atoms with Crippen molar-refractivity contribution < 1.29 is 18.8 Å². The average Bonchev–Trinajstić information content (AvgIpc) is 3.41. The minimum absolute atomic E-state index is 0.0356. The number of amides is 3. The molecule has 3 aromatic carbocycles. The molecule has 4 rings (SSSR count). The van der Waals surface area contributed by atoms with Crippen molar-refractivity contribution in [1.29, 1.82) is 0 Å². The van der Waals surface area contributed by atoms with Gasteiger partial charge in [0.1, 0.15) is 11.5 Å². The van der Waals surface area contributed by atoms with E-state index in [2.05, 4.69) is 25.3 Å². The minimum atomic E-state index is -0.675. The van der Waals surface area contributed by atoms with Crippen LogP contribution in [0, 0.1) is 5.82 Å². The second kappa shape index (κ2) is 14.8. The Morgan fingerprint density at radius 2 is 1.73 bits per heavy atom. The standard InChI is InChI=1S/C28H23ClFN5O3S3/c1-2-39-28-34-27(41-35-28)33-24(36)16-40-19-13-11-18(12-14-19)31-26(38)23(15-20-21(29)9-6-10-22(20)30)32-25(37)17-7-4-3-5-8-17/h3-15H,2,16H2,1H3,(H,31,38)(H,32,37)(H,33,34,35,36)/b23-15-. The Labute approximate surface area is 253 Å². The Hall–Kier alpha value is -3.71. The number of rotatable bonds is 11. The Kier molecular flexibility index (Phi) is 10.9. The lowest BCUT2D eigenvalue weighted by Crippen LogP contribution is -2.30. The molecule has 0 fully saturated rings. The zero-order valence-corrected chi connectivity index (χ0v) is 24.7. The Bertz CT molecular complexity index is 1550. The molecular formula is C28H23ClFN5O3S3. The Morgan fingerprint density at radius 3 is 2.44 bits per heavy atom. The number of hydrogen-bond donors (Lipinski definition) is 3.